The Morgan fingerprint density at radius 1 is 1.07 bits per heavy atom. The van der Waals surface area contributed by atoms with Crippen LogP contribution in [0.15, 0.2) is 71.3 Å². The van der Waals surface area contributed by atoms with Gasteiger partial charge in [-0.3, -0.25) is 9.59 Å². The minimum atomic E-state index is -1.11. The summed E-state index contributed by atoms with van der Waals surface area (Å²) in [5.74, 6) is -0.715. The van der Waals surface area contributed by atoms with Gasteiger partial charge < -0.3 is 29.4 Å². The fourth-order valence-electron chi connectivity index (χ4n) is 5.00. The Morgan fingerprint density at radius 3 is 2.35 bits per heavy atom. The maximum absolute atomic E-state index is 14.0. The molecule has 226 valence electrons. The molecule has 0 saturated heterocycles. The largest absolute Gasteiger partial charge is 0.469 e. The maximum atomic E-state index is 14.0. The van der Waals surface area contributed by atoms with Gasteiger partial charge in [0.05, 0.1) is 32.3 Å². The van der Waals surface area contributed by atoms with E-state index in [-0.39, 0.29) is 31.3 Å². The summed E-state index contributed by atoms with van der Waals surface area (Å²) in [5.41, 5.74) is 4.29. The molecule has 9 nitrogen and oxygen atoms in total. The van der Waals surface area contributed by atoms with Crippen molar-refractivity contribution in [3.63, 3.8) is 0 Å². The number of esters is 1. The molecule has 1 amide bonds. The first-order chi connectivity index (χ1) is 20.6. The fourth-order valence-corrected chi connectivity index (χ4v) is 5.00. The Bertz CT molecular complexity index is 1570. The molecule has 43 heavy (non-hydrogen) atoms. The summed E-state index contributed by atoms with van der Waals surface area (Å²) in [6, 6.07) is 17.0. The van der Waals surface area contributed by atoms with Crippen molar-refractivity contribution in [3.05, 3.63) is 95.4 Å². The summed E-state index contributed by atoms with van der Waals surface area (Å²) >= 11 is 0. The lowest BCUT2D eigenvalue weighted by molar-refractivity contribution is -0.143. The Labute approximate surface area is 249 Å². The summed E-state index contributed by atoms with van der Waals surface area (Å²) in [4.78, 5) is 25.6. The minimum Gasteiger partial charge on any atom is -0.469 e. The highest BCUT2D eigenvalue weighted by Gasteiger charge is 2.29. The van der Waals surface area contributed by atoms with E-state index in [1.54, 1.807) is 31.2 Å². The van der Waals surface area contributed by atoms with Crippen LogP contribution in [0, 0.1) is 12.7 Å². The lowest BCUT2D eigenvalue weighted by Gasteiger charge is -2.17. The number of ether oxygens (including phenoxy) is 1. The summed E-state index contributed by atoms with van der Waals surface area (Å²) < 4.78 is 25.7. The number of hydrogen-bond donors (Lipinski definition) is 3. The van der Waals surface area contributed by atoms with E-state index >= 15 is 0 Å². The molecule has 3 N–H and O–H groups in total. The van der Waals surface area contributed by atoms with Crippen LogP contribution >= 0.6 is 0 Å². The first kappa shape index (κ1) is 31.4. The SMILES string of the molecule is COC(=O)C[C@H](O)C[C@H](O)C=Cc1c(-c2ccc(F)cc2)c(-c2ccccc2)c(C(=O)NCc2cc(C)on2)n1C(C)C. The number of hydrogen-bond acceptors (Lipinski definition) is 7. The lowest BCUT2D eigenvalue weighted by atomic mass is 9.94. The molecular weight excluding hydrogens is 553 g/mol. The monoisotopic (exact) mass is 589 g/mol. The first-order valence-corrected chi connectivity index (χ1v) is 14.0. The van der Waals surface area contributed by atoms with Crippen molar-refractivity contribution in [1.29, 1.82) is 0 Å². The smallest absolute Gasteiger partial charge is 0.308 e. The highest BCUT2D eigenvalue weighted by Crippen LogP contribution is 2.42. The van der Waals surface area contributed by atoms with Crippen LogP contribution in [0.1, 0.15) is 60.4 Å². The molecule has 0 aliphatic heterocycles. The number of halogens is 1. The molecule has 10 heteroatoms. The number of nitrogens with one attached hydrogen (secondary N) is 1. The number of nitrogens with zero attached hydrogens (tertiary/aromatic N) is 2. The maximum Gasteiger partial charge on any atom is 0.308 e. The zero-order valence-corrected chi connectivity index (χ0v) is 24.6. The van der Waals surface area contributed by atoms with Crippen molar-refractivity contribution >= 4 is 18.0 Å². The molecule has 2 aromatic carbocycles. The van der Waals surface area contributed by atoms with Gasteiger partial charge in [-0.25, -0.2) is 4.39 Å². The number of rotatable bonds is 12. The molecule has 0 fully saturated rings. The first-order valence-electron chi connectivity index (χ1n) is 14.0. The van der Waals surface area contributed by atoms with Gasteiger partial charge >= 0.3 is 5.97 Å². The van der Waals surface area contributed by atoms with Crippen LogP contribution in [-0.4, -0.2) is 51.1 Å². The van der Waals surface area contributed by atoms with Crippen molar-refractivity contribution in [1.82, 2.24) is 15.0 Å². The van der Waals surface area contributed by atoms with Gasteiger partial charge in [-0.05, 0) is 50.1 Å². The molecule has 4 aromatic rings. The van der Waals surface area contributed by atoms with Crippen LogP contribution in [0.5, 0.6) is 0 Å². The third-order valence-electron chi connectivity index (χ3n) is 6.90. The molecule has 4 rings (SSSR count). The Hall–Kier alpha value is -4.54. The van der Waals surface area contributed by atoms with Gasteiger partial charge in [-0.15, -0.1) is 0 Å². The number of aromatic nitrogens is 2. The number of aliphatic hydroxyl groups is 2. The molecule has 2 heterocycles. The van der Waals surface area contributed by atoms with Crippen molar-refractivity contribution in [2.45, 2.75) is 58.4 Å². The van der Waals surface area contributed by atoms with Crippen molar-refractivity contribution in [2.75, 3.05) is 7.11 Å². The zero-order valence-electron chi connectivity index (χ0n) is 24.6. The predicted octanol–water partition coefficient (Wildman–Crippen LogP) is 5.46. The lowest BCUT2D eigenvalue weighted by Crippen LogP contribution is -2.27. The molecule has 0 aliphatic carbocycles. The number of benzene rings is 2. The second kappa shape index (κ2) is 14.1. The van der Waals surface area contributed by atoms with Gasteiger partial charge in [-0.2, -0.15) is 0 Å². The van der Waals surface area contributed by atoms with E-state index < -0.39 is 24.0 Å². The van der Waals surface area contributed by atoms with E-state index in [4.69, 9.17) is 4.52 Å². The summed E-state index contributed by atoms with van der Waals surface area (Å²) in [7, 11) is 1.23. The molecule has 0 radical (unpaired) electrons. The van der Waals surface area contributed by atoms with Gasteiger partial charge in [0.2, 0.25) is 0 Å². The second-order valence-electron chi connectivity index (χ2n) is 10.5. The average molecular weight is 590 g/mol. The highest BCUT2D eigenvalue weighted by atomic mass is 19.1. The van der Waals surface area contributed by atoms with E-state index in [1.165, 1.54) is 25.3 Å². The third kappa shape index (κ3) is 7.65. The Kier molecular flexibility index (Phi) is 10.3. The normalized spacial score (nSPS) is 12.9. The van der Waals surface area contributed by atoms with E-state index in [1.807, 2.05) is 48.7 Å². The highest BCUT2D eigenvalue weighted by molar-refractivity contribution is 6.06. The number of carbonyl (C=O) groups is 2. The van der Waals surface area contributed by atoms with E-state index in [0.29, 0.717) is 39.5 Å². The van der Waals surface area contributed by atoms with Crippen LogP contribution in [0.3, 0.4) is 0 Å². The molecule has 0 unspecified atom stereocenters. The van der Waals surface area contributed by atoms with Gasteiger partial charge in [0.25, 0.3) is 5.91 Å². The minimum absolute atomic E-state index is 0.101. The van der Waals surface area contributed by atoms with Crippen LogP contribution < -0.4 is 5.32 Å². The standard InChI is InChI=1S/C33H36FN3O6/c1-20(2)37-28(15-14-26(38)17-27(39)18-29(40)42-4)30(23-10-12-24(34)13-11-23)31(22-8-6-5-7-9-22)32(37)33(41)35-19-25-16-21(3)43-36-25/h5-16,20,26-27,38-39H,17-19H2,1-4H3,(H,35,41)/t26-,27-/m1/s1. The van der Waals surface area contributed by atoms with E-state index in [2.05, 4.69) is 15.2 Å². The number of amides is 1. The Morgan fingerprint density at radius 2 is 1.74 bits per heavy atom. The molecule has 0 aliphatic rings. The number of aryl methyl sites for hydroxylation is 1. The summed E-state index contributed by atoms with van der Waals surface area (Å²) in [6.45, 7) is 5.79. The van der Waals surface area contributed by atoms with Crippen molar-refractivity contribution < 1.29 is 33.5 Å². The number of aliphatic hydroxyl groups excluding tert-OH is 2. The Balaban J connectivity index is 1.88. The van der Waals surface area contributed by atoms with Crippen molar-refractivity contribution in [3.8, 4) is 22.3 Å². The van der Waals surface area contributed by atoms with Gasteiger partial charge in [-0.1, -0.05) is 53.7 Å². The molecular formula is C33H36FN3O6. The average Bonchev–Trinajstić information content (AvgIpc) is 3.56. The zero-order chi connectivity index (χ0) is 31.1. The van der Waals surface area contributed by atoms with Gasteiger partial charge in [0.15, 0.2) is 0 Å². The van der Waals surface area contributed by atoms with Gasteiger partial charge in [0.1, 0.15) is 23.0 Å². The van der Waals surface area contributed by atoms with E-state index in [0.717, 1.165) is 5.56 Å². The quantitative estimate of drug-likeness (QED) is 0.187. The van der Waals surface area contributed by atoms with Crippen LogP contribution in [-0.2, 0) is 16.1 Å². The van der Waals surface area contributed by atoms with Crippen LogP contribution in [0.25, 0.3) is 28.3 Å². The molecule has 2 aromatic heterocycles. The molecule has 0 spiro atoms. The number of carbonyl (C=O) groups excluding carboxylic acids is 2. The fraction of sp³-hybridized carbons (Fsp3) is 0.303. The topological polar surface area (TPSA) is 127 Å². The van der Waals surface area contributed by atoms with Crippen LogP contribution in [0.2, 0.25) is 0 Å². The second-order valence-corrected chi connectivity index (χ2v) is 10.5. The molecule has 0 saturated carbocycles. The van der Waals surface area contributed by atoms with Gasteiger partial charge in [0, 0.05) is 35.3 Å². The third-order valence-corrected chi connectivity index (χ3v) is 6.90. The summed E-state index contributed by atoms with van der Waals surface area (Å²) in [5, 5.41) is 27.9. The number of methoxy groups -OCH3 is 1. The molecule has 0 bridgehead atoms. The van der Waals surface area contributed by atoms with Crippen molar-refractivity contribution in [2.24, 2.45) is 0 Å². The molecule has 2 atom stereocenters. The van der Waals surface area contributed by atoms with Crippen LogP contribution in [0.4, 0.5) is 4.39 Å². The summed E-state index contributed by atoms with van der Waals surface area (Å²) in [6.07, 6.45) is 0.633. The predicted molar refractivity (Wildman–Crippen MR) is 160 cm³/mol. The van der Waals surface area contributed by atoms with E-state index in [9.17, 15) is 24.2 Å².